The molecule has 0 radical (unpaired) electrons. The van der Waals surface area contributed by atoms with Gasteiger partial charge in [0.2, 0.25) is 0 Å². The Balaban J connectivity index is 0.913. The zero-order chi connectivity index (χ0) is 42.6. The Labute approximate surface area is 353 Å². The zero-order valence-electron chi connectivity index (χ0n) is 35.8. The third-order valence-electron chi connectivity index (χ3n) is 17.9. The van der Waals surface area contributed by atoms with E-state index in [4.69, 9.17) is 37.9 Å². The number of aliphatic hydroxyl groups is 8. The number of hydrogen-bond donors (Lipinski definition) is 8. The summed E-state index contributed by atoms with van der Waals surface area (Å²) >= 11 is 0. The molecule has 1 spiro atoms. The fourth-order valence-corrected chi connectivity index (χ4v) is 14.3. The van der Waals surface area contributed by atoms with E-state index in [9.17, 15) is 40.9 Å². The van der Waals surface area contributed by atoms with E-state index in [0.717, 1.165) is 58.0 Å². The van der Waals surface area contributed by atoms with E-state index < -0.39 is 98.4 Å². The van der Waals surface area contributed by atoms with Gasteiger partial charge in [-0.15, -0.1) is 0 Å². The number of hydrogen-bond acceptors (Lipinski definition) is 16. The average Bonchev–Trinajstić information content (AvgIpc) is 3.68. The van der Waals surface area contributed by atoms with Crippen molar-refractivity contribution in [1.29, 1.82) is 0 Å². The first-order valence-electron chi connectivity index (χ1n) is 23.1. The molecule has 0 aromatic heterocycles. The second-order valence-electron chi connectivity index (χ2n) is 21.1. The van der Waals surface area contributed by atoms with Gasteiger partial charge < -0.3 is 78.7 Å². The van der Waals surface area contributed by atoms with Crippen LogP contribution in [-0.4, -0.2) is 165 Å². The first-order valence-corrected chi connectivity index (χ1v) is 23.1. The Morgan fingerprint density at radius 3 is 2.10 bits per heavy atom. The van der Waals surface area contributed by atoms with Gasteiger partial charge in [-0.1, -0.05) is 27.7 Å². The van der Waals surface area contributed by atoms with Gasteiger partial charge in [0.15, 0.2) is 24.7 Å². The fourth-order valence-electron chi connectivity index (χ4n) is 14.3. The van der Waals surface area contributed by atoms with Gasteiger partial charge in [0.25, 0.3) is 0 Å². The topological polar surface area (TPSA) is 236 Å². The standard InChI is InChI=1S/C44H72O16/c1-19-8-13-44(54-17-19)20(2)30-28(60-44)15-26-24-7-6-22-14-23(9-11-42(22,4)25(24)10-12-43(26,30)5)56-41-38(59-40-36(52)34(50)31(47)21(3)55-40)37(33(49)29(16-45)57-41)58-39-35(51)32(48)27(46)18-53-39/h19-41,45-52H,6-18H2,1-5H3/t19-,20+,21+,22+,23+,24-,25+,26+,27-,28+,29-,30+,31+,32+,33+,34-,35+,36-,37+,38-,39-,40+,41-,42+,43+,44-/m1/s1. The van der Waals surface area contributed by atoms with Crippen molar-refractivity contribution in [2.45, 2.75) is 203 Å². The van der Waals surface area contributed by atoms with Crippen molar-refractivity contribution >= 4 is 0 Å². The normalized spacial score (nSPS) is 59.2. The second-order valence-corrected chi connectivity index (χ2v) is 21.1. The number of rotatable bonds is 7. The maximum absolute atomic E-state index is 11.5. The van der Waals surface area contributed by atoms with E-state index in [1.165, 1.54) is 19.8 Å². The summed E-state index contributed by atoms with van der Waals surface area (Å²) in [6.45, 7) is 11.0. The minimum absolute atomic E-state index is 0.115. The minimum Gasteiger partial charge on any atom is -0.394 e. The van der Waals surface area contributed by atoms with Gasteiger partial charge in [-0.05, 0) is 111 Å². The molecule has 0 unspecified atom stereocenters. The number of fused-ring (bicyclic) bond motifs is 7. The molecule has 16 heteroatoms. The Kier molecular flexibility index (Phi) is 12.4. The molecule has 60 heavy (non-hydrogen) atoms. The number of aliphatic hydroxyl groups excluding tert-OH is 8. The van der Waals surface area contributed by atoms with Crippen molar-refractivity contribution in [1.82, 2.24) is 0 Å². The lowest BCUT2D eigenvalue weighted by atomic mass is 9.44. The Morgan fingerprint density at radius 2 is 1.37 bits per heavy atom. The van der Waals surface area contributed by atoms with Crippen LogP contribution in [0, 0.1) is 52.3 Å². The van der Waals surface area contributed by atoms with Gasteiger partial charge in [0.1, 0.15) is 61.0 Å². The Hall–Kier alpha value is -0.640. The highest BCUT2D eigenvalue weighted by Gasteiger charge is 2.69. The molecule has 9 fully saturated rings. The fraction of sp³-hybridized carbons (Fsp3) is 1.00. The lowest BCUT2D eigenvalue weighted by Crippen LogP contribution is -2.66. The lowest BCUT2D eigenvalue weighted by Gasteiger charge is -2.61. The van der Waals surface area contributed by atoms with Gasteiger partial charge in [-0.25, -0.2) is 0 Å². The van der Waals surface area contributed by atoms with E-state index in [-0.39, 0.29) is 29.6 Å². The van der Waals surface area contributed by atoms with E-state index in [0.29, 0.717) is 41.4 Å². The first kappa shape index (κ1) is 44.6. The van der Waals surface area contributed by atoms with Gasteiger partial charge in [-0.3, -0.25) is 0 Å². The summed E-state index contributed by atoms with van der Waals surface area (Å²) in [6.07, 6.45) is -10.1. The quantitative estimate of drug-likeness (QED) is 0.166. The predicted octanol–water partition coefficient (Wildman–Crippen LogP) is 0.933. The Bertz CT molecular complexity index is 1500. The third-order valence-corrected chi connectivity index (χ3v) is 17.9. The van der Waals surface area contributed by atoms with Gasteiger partial charge in [-0.2, -0.15) is 0 Å². The van der Waals surface area contributed by atoms with Crippen LogP contribution in [0.3, 0.4) is 0 Å². The highest BCUT2D eigenvalue weighted by Crippen LogP contribution is 2.71. The molecule has 5 aliphatic heterocycles. The van der Waals surface area contributed by atoms with Crippen LogP contribution in [0.25, 0.3) is 0 Å². The summed E-state index contributed by atoms with van der Waals surface area (Å²) in [4.78, 5) is 0. The smallest absolute Gasteiger partial charge is 0.187 e. The van der Waals surface area contributed by atoms with Crippen molar-refractivity contribution in [2.24, 2.45) is 52.3 Å². The van der Waals surface area contributed by atoms with E-state index in [2.05, 4.69) is 27.7 Å². The SMILES string of the molecule is C[C@@H]1CC[C@@]2(OC1)O[C@H]1C[C@H]3[C@@H]4CC[C@H]5C[C@@H](O[C@@H]6O[C@H](CO)[C@H](O)[C@H](O[C@H]7OC[C@@H](O)[C@H](O)[C@@H]7O)[C@H]6O[C@@H]6O[C@@H](C)[C@H](O)[C@@H](O)[C@H]6O)CC[C@]5(C)[C@H]4CC[C@]3(C)[C@H]1[C@@H]2C. The van der Waals surface area contributed by atoms with E-state index in [1.54, 1.807) is 0 Å². The van der Waals surface area contributed by atoms with Crippen molar-refractivity contribution < 1.29 is 78.7 Å². The van der Waals surface area contributed by atoms with Crippen molar-refractivity contribution in [3.8, 4) is 0 Å². The van der Waals surface area contributed by atoms with Crippen molar-refractivity contribution in [2.75, 3.05) is 19.8 Å². The molecule has 344 valence electrons. The monoisotopic (exact) mass is 856 g/mol. The van der Waals surface area contributed by atoms with Crippen LogP contribution >= 0.6 is 0 Å². The molecular formula is C44H72O16. The Morgan fingerprint density at radius 1 is 0.633 bits per heavy atom. The zero-order valence-corrected chi connectivity index (χ0v) is 35.8. The molecule has 26 atom stereocenters. The average molecular weight is 857 g/mol. The highest BCUT2D eigenvalue weighted by atomic mass is 16.8. The van der Waals surface area contributed by atoms with Crippen LogP contribution < -0.4 is 0 Å². The largest absolute Gasteiger partial charge is 0.394 e. The van der Waals surface area contributed by atoms with Crippen LogP contribution in [0.15, 0.2) is 0 Å². The van der Waals surface area contributed by atoms with E-state index in [1.807, 2.05) is 0 Å². The molecule has 5 saturated heterocycles. The molecular weight excluding hydrogens is 784 g/mol. The summed E-state index contributed by atoms with van der Waals surface area (Å²) in [5.74, 6) is 3.25. The molecule has 9 rings (SSSR count). The maximum atomic E-state index is 11.5. The van der Waals surface area contributed by atoms with Crippen molar-refractivity contribution in [3.05, 3.63) is 0 Å². The molecule has 4 saturated carbocycles. The second kappa shape index (κ2) is 16.7. The van der Waals surface area contributed by atoms with Gasteiger partial charge in [0.05, 0.1) is 38.1 Å². The molecule has 0 amide bonds. The lowest BCUT2D eigenvalue weighted by molar-refractivity contribution is -0.391. The van der Waals surface area contributed by atoms with Crippen LogP contribution in [-0.2, 0) is 37.9 Å². The summed E-state index contributed by atoms with van der Waals surface area (Å²) in [5.41, 5.74) is 0.340. The number of ether oxygens (including phenoxy) is 8. The summed E-state index contributed by atoms with van der Waals surface area (Å²) in [7, 11) is 0. The van der Waals surface area contributed by atoms with Crippen LogP contribution in [0.2, 0.25) is 0 Å². The first-order chi connectivity index (χ1) is 28.5. The van der Waals surface area contributed by atoms with Gasteiger partial charge >= 0.3 is 0 Å². The molecule has 8 N–H and O–H groups in total. The molecule has 0 aromatic rings. The molecule has 4 aliphatic carbocycles. The van der Waals surface area contributed by atoms with Gasteiger partial charge in [0, 0.05) is 12.3 Å². The molecule has 0 bridgehead atoms. The summed E-state index contributed by atoms with van der Waals surface area (Å²) in [6, 6.07) is 0. The van der Waals surface area contributed by atoms with Crippen LogP contribution in [0.5, 0.6) is 0 Å². The highest BCUT2D eigenvalue weighted by molar-refractivity contribution is 5.15. The van der Waals surface area contributed by atoms with Crippen molar-refractivity contribution in [3.63, 3.8) is 0 Å². The molecule has 0 aromatic carbocycles. The molecule has 5 heterocycles. The third kappa shape index (κ3) is 7.27. The predicted molar refractivity (Wildman–Crippen MR) is 208 cm³/mol. The summed E-state index contributed by atoms with van der Waals surface area (Å²) < 4.78 is 50.3. The molecule has 9 aliphatic rings. The van der Waals surface area contributed by atoms with Crippen LogP contribution in [0.4, 0.5) is 0 Å². The van der Waals surface area contributed by atoms with E-state index >= 15 is 0 Å². The van der Waals surface area contributed by atoms with Crippen LogP contribution in [0.1, 0.15) is 98.8 Å². The summed E-state index contributed by atoms with van der Waals surface area (Å²) in [5, 5.41) is 85.2. The minimum atomic E-state index is -1.71. The maximum Gasteiger partial charge on any atom is 0.187 e. The molecule has 16 nitrogen and oxygen atoms in total.